The molecule has 0 amide bonds. The van der Waals surface area contributed by atoms with E-state index in [0.717, 1.165) is 52.4 Å². The van der Waals surface area contributed by atoms with Gasteiger partial charge < -0.3 is 5.32 Å². The summed E-state index contributed by atoms with van der Waals surface area (Å²) < 4.78 is 1.96. The number of hydrogen-bond acceptors (Lipinski definition) is 3. The zero-order valence-corrected chi connectivity index (χ0v) is 17.3. The molecule has 5 rings (SSSR count). The van der Waals surface area contributed by atoms with E-state index in [1.54, 1.807) is 0 Å². The van der Waals surface area contributed by atoms with Crippen molar-refractivity contribution in [3.05, 3.63) is 87.2 Å². The number of nitrogens with one attached hydrogen (secondary N) is 1. The lowest BCUT2D eigenvalue weighted by atomic mass is 9.76. The van der Waals surface area contributed by atoms with Crippen molar-refractivity contribution in [1.82, 2.24) is 9.78 Å². The molecule has 29 heavy (non-hydrogen) atoms. The number of rotatable bonds is 2. The Bertz CT molecular complexity index is 1160. The summed E-state index contributed by atoms with van der Waals surface area (Å²) in [5, 5.41) is 9.10. The molecule has 2 heterocycles. The van der Waals surface area contributed by atoms with Crippen molar-refractivity contribution < 1.29 is 4.79 Å². The number of fused-ring (bicyclic) bond motifs is 1. The Kier molecular flexibility index (Phi) is 4.32. The highest BCUT2D eigenvalue weighted by Crippen LogP contribution is 2.48. The summed E-state index contributed by atoms with van der Waals surface area (Å²) in [5.41, 5.74) is 6.96. The molecule has 3 aromatic rings. The second kappa shape index (κ2) is 6.89. The quantitative estimate of drug-likeness (QED) is 0.596. The van der Waals surface area contributed by atoms with Crippen LogP contribution in [-0.4, -0.2) is 15.6 Å². The Morgan fingerprint density at radius 1 is 1.07 bits per heavy atom. The molecule has 1 aromatic heterocycles. The normalized spacial score (nSPS) is 18.3. The van der Waals surface area contributed by atoms with E-state index < -0.39 is 0 Å². The van der Waals surface area contributed by atoms with Crippen LogP contribution >= 0.6 is 11.6 Å². The van der Waals surface area contributed by atoms with Crippen molar-refractivity contribution in [2.24, 2.45) is 0 Å². The van der Waals surface area contributed by atoms with Gasteiger partial charge in [0.15, 0.2) is 5.78 Å². The van der Waals surface area contributed by atoms with Crippen molar-refractivity contribution in [1.29, 1.82) is 0 Å². The van der Waals surface area contributed by atoms with Crippen molar-refractivity contribution in [3.63, 3.8) is 0 Å². The number of aromatic nitrogens is 2. The molecule has 1 aliphatic carbocycles. The van der Waals surface area contributed by atoms with Gasteiger partial charge in [0.2, 0.25) is 0 Å². The third-order valence-electron chi connectivity index (χ3n) is 5.90. The van der Waals surface area contributed by atoms with Crippen LogP contribution in [0.15, 0.2) is 59.8 Å². The molecule has 4 nitrogen and oxygen atoms in total. The Hall–Kier alpha value is -2.85. The lowest BCUT2D eigenvalue weighted by Gasteiger charge is -2.33. The number of hydrogen-bond donors (Lipinski definition) is 1. The molecule has 0 radical (unpaired) electrons. The van der Waals surface area contributed by atoms with E-state index >= 15 is 0 Å². The molecule has 2 aromatic carbocycles. The minimum absolute atomic E-state index is 0.193. The maximum atomic E-state index is 13.0. The first-order valence-electron chi connectivity index (χ1n) is 9.99. The van der Waals surface area contributed by atoms with Gasteiger partial charge in [0.1, 0.15) is 5.82 Å². The first-order chi connectivity index (χ1) is 14.0. The van der Waals surface area contributed by atoms with Crippen molar-refractivity contribution in [3.8, 4) is 5.69 Å². The SMILES string of the molecule is Cc1ccc(-n2nc(C)c3c2NC2=C(C(=O)CCC2)[C@H]3c2ccccc2Cl)cc1. The minimum Gasteiger partial charge on any atom is -0.343 e. The number of carbonyl (C=O) groups is 1. The maximum absolute atomic E-state index is 13.0. The molecule has 146 valence electrons. The van der Waals surface area contributed by atoms with Crippen LogP contribution in [0.5, 0.6) is 0 Å². The molecule has 0 saturated carbocycles. The van der Waals surface area contributed by atoms with Gasteiger partial charge in [-0.2, -0.15) is 5.10 Å². The molecule has 0 spiro atoms. The molecule has 1 aliphatic heterocycles. The molecule has 2 aliphatic rings. The van der Waals surface area contributed by atoms with Gasteiger partial charge in [-0.05, 0) is 50.5 Å². The lowest BCUT2D eigenvalue weighted by molar-refractivity contribution is -0.116. The Labute approximate surface area is 175 Å². The molecule has 0 saturated heterocycles. The number of aryl methyl sites for hydroxylation is 2. The molecule has 5 heteroatoms. The van der Waals surface area contributed by atoms with Gasteiger partial charge in [0.25, 0.3) is 0 Å². The standard InChI is InChI=1S/C24H22ClN3O/c1-14-10-12-16(13-11-14)28-24-21(15(2)27-28)22(17-6-3-4-7-18(17)25)23-19(26-24)8-5-9-20(23)29/h3-4,6-7,10-13,22,26H,5,8-9H2,1-2H3/t22-/m0/s1. The van der Waals surface area contributed by atoms with Crippen molar-refractivity contribution >= 4 is 23.2 Å². The van der Waals surface area contributed by atoms with Crippen LogP contribution in [-0.2, 0) is 4.79 Å². The molecule has 1 atom stereocenters. The summed E-state index contributed by atoms with van der Waals surface area (Å²) in [5.74, 6) is 0.948. The van der Waals surface area contributed by atoms with E-state index in [4.69, 9.17) is 16.7 Å². The Morgan fingerprint density at radius 3 is 2.59 bits per heavy atom. The average molecular weight is 404 g/mol. The average Bonchev–Trinajstić information content (AvgIpc) is 3.04. The number of anilines is 1. The number of allylic oxidation sites excluding steroid dienone is 2. The van der Waals surface area contributed by atoms with E-state index in [0.29, 0.717) is 11.4 Å². The second-order valence-corrected chi connectivity index (χ2v) is 8.25. The van der Waals surface area contributed by atoms with E-state index in [2.05, 4.69) is 36.5 Å². The van der Waals surface area contributed by atoms with Gasteiger partial charge in [-0.25, -0.2) is 4.68 Å². The highest BCUT2D eigenvalue weighted by molar-refractivity contribution is 6.31. The first kappa shape index (κ1) is 18.2. The van der Waals surface area contributed by atoms with Gasteiger partial charge in [-0.15, -0.1) is 0 Å². The fourth-order valence-electron chi connectivity index (χ4n) is 4.51. The summed E-state index contributed by atoms with van der Waals surface area (Å²) in [6.07, 6.45) is 2.31. The summed E-state index contributed by atoms with van der Waals surface area (Å²) in [6.45, 7) is 4.08. The number of nitrogens with zero attached hydrogens (tertiary/aromatic N) is 2. The number of benzene rings is 2. The molecular formula is C24H22ClN3O. The fourth-order valence-corrected chi connectivity index (χ4v) is 4.76. The summed E-state index contributed by atoms with van der Waals surface area (Å²) in [4.78, 5) is 13.0. The van der Waals surface area contributed by atoms with Gasteiger partial charge in [-0.3, -0.25) is 4.79 Å². The fraction of sp³-hybridized carbons (Fsp3) is 0.250. The predicted molar refractivity (Wildman–Crippen MR) is 116 cm³/mol. The highest BCUT2D eigenvalue weighted by Gasteiger charge is 2.39. The first-order valence-corrected chi connectivity index (χ1v) is 10.4. The zero-order chi connectivity index (χ0) is 20.1. The zero-order valence-electron chi connectivity index (χ0n) is 16.5. The summed E-state index contributed by atoms with van der Waals surface area (Å²) in [6, 6.07) is 16.1. The van der Waals surface area contributed by atoms with E-state index in [-0.39, 0.29) is 11.7 Å². The Balaban J connectivity index is 1.76. The van der Waals surface area contributed by atoms with Gasteiger partial charge in [0.05, 0.1) is 11.4 Å². The van der Waals surface area contributed by atoms with Gasteiger partial charge in [0, 0.05) is 34.2 Å². The molecule has 0 fully saturated rings. The Morgan fingerprint density at radius 2 is 1.83 bits per heavy atom. The minimum atomic E-state index is -0.193. The van der Waals surface area contributed by atoms with Gasteiger partial charge in [-0.1, -0.05) is 47.5 Å². The topological polar surface area (TPSA) is 46.9 Å². The maximum Gasteiger partial charge on any atom is 0.161 e. The van der Waals surface area contributed by atoms with E-state index in [1.165, 1.54) is 5.56 Å². The van der Waals surface area contributed by atoms with Crippen molar-refractivity contribution in [2.45, 2.75) is 39.0 Å². The number of Topliss-reactive ketones (excluding diaryl/α,β-unsaturated/α-hetero) is 1. The van der Waals surface area contributed by atoms with Crippen LogP contribution in [0.1, 0.15) is 47.6 Å². The smallest absolute Gasteiger partial charge is 0.161 e. The number of carbonyl (C=O) groups excluding carboxylic acids is 1. The van der Waals surface area contributed by atoms with Crippen LogP contribution < -0.4 is 5.32 Å². The van der Waals surface area contributed by atoms with Crippen LogP contribution in [0.2, 0.25) is 5.02 Å². The van der Waals surface area contributed by atoms with Crippen LogP contribution in [0.25, 0.3) is 5.69 Å². The number of ketones is 1. The third-order valence-corrected chi connectivity index (χ3v) is 6.25. The van der Waals surface area contributed by atoms with Crippen LogP contribution in [0.4, 0.5) is 5.82 Å². The second-order valence-electron chi connectivity index (χ2n) is 7.84. The van der Waals surface area contributed by atoms with E-state index in [1.807, 2.05) is 35.9 Å². The lowest BCUT2D eigenvalue weighted by Crippen LogP contribution is -2.27. The molecule has 0 unspecified atom stereocenters. The molecule has 1 N–H and O–H groups in total. The van der Waals surface area contributed by atoms with Crippen LogP contribution in [0, 0.1) is 13.8 Å². The van der Waals surface area contributed by atoms with Gasteiger partial charge >= 0.3 is 0 Å². The van der Waals surface area contributed by atoms with Crippen molar-refractivity contribution in [2.75, 3.05) is 5.32 Å². The molecular weight excluding hydrogens is 382 g/mol. The largest absolute Gasteiger partial charge is 0.343 e. The monoisotopic (exact) mass is 403 g/mol. The molecule has 0 bridgehead atoms. The highest BCUT2D eigenvalue weighted by atomic mass is 35.5. The summed E-state index contributed by atoms with van der Waals surface area (Å²) >= 11 is 6.62. The third kappa shape index (κ3) is 2.90. The number of halogens is 1. The summed E-state index contributed by atoms with van der Waals surface area (Å²) in [7, 11) is 0. The predicted octanol–water partition coefficient (Wildman–Crippen LogP) is 5.71. The van der Waals surface area contributed by atoms with Crippen LogP contribution in [0.3, 0.4) is 0 Å². The van der Waals surface area contributed by atoms with E-state index in [9.17, 15) is 4.79 Å².